The average molecular weight is 448 g/mol. The SMILES string of the molecule is Fc1ccn2nc(C3CC3)c(-c3cc(Cl)nc(Nc4ccc(C(F)(F)F)cc4)n3)c2c1. The normalized spacial score (nSPS) is 14.2. The van der Waals surface area contributed by atoms with Crippen molar-refractivity contribution < 1.29 is 17.6 Å². The second-order valence-corrected chi connectivity index (χ2v) is 7.70. The van der Waals surface area contributed by atoms with E-state index in [0.717, 1.165) is 30.7 Å². The summed E-state index contributed by atoms with van der Waals surface area (Å²) in [6.07, 6.45) is -0.913. The van der Waals surface area contributed by atoms with Gasteiger partial charge in [-0.05, 0) is 43.2 Å². The lowest BCUT2D eigenvalue weighted by Crippen LogP contribution is -2.05. The zero-order valence-corrected chi connectivity index (χ0v) is 16.5. The van der Waals surface area contributed by atoms with Gasteiger partial charge < -0.3 is 5.32 Å². The number of alkyl halides is 3. The van der Waals surface area contributed by atoms with Crippen LogP contribution in [0, 0.1) is 5.82 Å². The standard InChI is InChI=1S/C21H14ClF4N5/c22-17-10-15(18-16-9-13(23)7-8-31(16)30-19(18)11-1-2-11)28-20(29-17)27-14-5-3-12(4-6-14)21(24,25)26/h3-11H,1-2H2,(H,27,28,29). The number of hydrogen-bond donors (Lipinski definition) is 1. The molecule has 0 unspecified atom stereocenters. The Morgan fingerprint density at radius 1 is 1.03 bits per heavy atom. The maximum atomic E-state index is 13.9. The van der Waals surface area contributed by atoms with Crippen molar-refractivity contribution in [3.8, 4) is 11.3 Å². The zero-order chi connectivity index (χ0) is 21.8. The molecule has 4 aromatic rings. The summed E-state index contributed by atoms with van der Waals surface area (Å²) in [4.78, 5) is 8.61. The highest BCUT2D eigenvalue weighted by atomic mass is 35.5. The van der Waals surface area contributed by atoms with Gasteiger partial charge in [0, 0.05) is 35.5 Å². The van der Waals surface area contributed by atoms with E-state index in [2.05, 4.69) is 20.4 Å². The summed E-state index contributed by atoms with van der Waals surface area (Å²) in [5, 5.41) is 7.60. The molecule has 0 bridgehead atoms. The third-order valence-electron chi connectivity index (χ3n) is 5.01. The van der Waals surface area contributed by atoms with Gasteiger partial charge in [-0.2, -0.15) is 18.3 Å². The first-order valence-electron chi connectivity index (χ1n) is 9.45. The van der Waals surface area contributed by atoms with Gasteiger partial charge in [0.25, 0.3) is 0 Å². The molecule has 1 N–H and O–H groups in total. The van der Waals surface area contributed by atoms with Crippen molar-refractivity contribution in [2.75, 3.05) is 5.32 Å². The lowest BCUT2D eigenvalue weighted by Gasteiger charge is -2.10. The van der Waals surface area contributed by atoms with Crippen LogP contribution in [0.5, 0.6) is 0 Å². The van der Waals surface area contributed by atoms with E-state index in [9.17, 15) is 17.6 Å². The van der Waals surface area contributed by atoms with Crippen LogP contribution >= 0.6 is 11.6 Å². The number of pyridine rings is 1. The second kappa shape index (κ2) is 7.19. The van der Waals surface area contributed by atoms with Crippen LogP contribution in [-0.2, 0) is 6.18 Å². The Morgan fingerprint density at radius 2 is 1.77 bits per heavy atom. The molecule has 0 radical (unpaired) electrons. The summed E-state index contributed by atoms with van der Waals surface area (Å²) < 4.78 is 53.9. The quantitative estimate of drug-likeness (QED) is 0.298. The molecule has 10 heteroatoms. The van der Waals surface area contributed by atoms with E-state index in [1.54, 1.807) is 16.8 Å². The molecule has 5 rings (SSSR count). The largest absolute Gasteiger partial charge is 0.416 e. The number of nitrogens with zero attached hydrogens (tertiary/aromatic N) is 4. The molecule has 0 amide bonds. The Kier molecular flexibility index (Phi) is 4.58. The highest BCUT2D eigenvalue weighted by molar-refractivity contribution is 6.29. The minimum atomic E-state index is -4.42. The van der Waals surface area contributed by atoms with Crippen LogP contribution < -0.4 is 5.32 Å². The van der Waals surface area contributed by atoms with Gasteiger partial charge in [-0.1, -0.05) is 11.6 Å². The Bertz CT molecular complexity index is 1280. The third-order valence-corrected chi connectivity index (χ3v) is 5.20. The molecule has 0 atom stereocenters. The molecule has 0 aliphatic heterocycles. The number of anilines is 2. The lowest BCUT2D eigenvalue weighted by molar-refractivity contribution is -0.137. The van der Waals surface area contributed by atoms with Crippen LogP contribution in [0.15, 0.2) is 48.7 Å². The van der Waals surface area contributed by atoms with Gasteiger partial charge in [0.15, 0.2) is 0 Å². The Labute approximate surface area is 178 Å². The number of benzene rings is 1. The van der Waals surface area contributed by atoms with Crippen molar-refractivity contribution >= 4 is 28.8 Å². The molecule has 1 saturated carbocycles. The van der Waals surface area contributed by atoms with Crippen LogP contribution in [-0.4, -0.2) is 19.6 Å². The van der Waals surface area contributed by atoms with E-state index in [-0.39, 0.29) is 17.0 Å². The highest BCUT2D eigenvalue weighted by Crippen LogP contribution is 2.45. The summed E-state index contributed by atoms with van der Waals surface area (Å²) in [6, 6.07) is 8.77. The van der Waals surface area contributed by atoms with Gasteiger partial charge in [-0.3, -0.25) is 0 Å². The summed E-state index contributed by atoms with van der Waals surface area (Å²) in [7, 11) is 0. The van der Waals surface area contributed by atoms with E-state index in [1.807, 2.05) is 0 Å². The molecule has 0 spiro atoms. The fraction of sp³-hybridized carbons (Fsp3) is 0.190. The first-order chi connectivity index (χ1) is 14.8. The van der Waals surface area contributed by atoms with Crippen molar-refractivity contribution in [3.63, 3.8) is 0 Å². The number of fused-ring (bicyclic) bond motifs is 1. The Hall–Kier alpha value is -3.20. The number of hydrogen-bond acceptors (Lipinski definition) is 4. The van der Waals surface area contributed by atoms with E-state index in [0.29, 0.717) is 22.5 Å². The average Bonchev–Trinajstić information content (AvgIpc) is 3.48. The lowest BCUT2D eigenvalue weighted by atomic mass is 10.1. The van der Waals surface area contributed by atoms with Crippen LogP contribution in [0.1, 0.15) is 30.0 Å². The van der Waals surface area contributed by atoms with Crippen LogP contribution in [0.3, 0.4) is 0 Å². The third kappa shape index (κ3) is 3.93. The van der Waals surface area contributed by atoms with Crippen LogP contribution in [0.4, 0.5) is 29.2 Å². The van der Waals surface area contributed by atoms with Crippen LogP contribution in [0.25, 0.3) is 16.8 Å². The molecule has 1 aliphatic carbocycles. The van der Waals surface area contributed by atoms with Crippen LogP contribution in [0.2, 0.25) is 5.15 Å². The first kappa shape index (κ1) is 19.7. The van der Waals surface area contributed by atoms with Crippen molar-refractivity contribution in [2.45, 2.75) is 24.9 Å². The van der Waals surface area contributed by atoms with E-state index < -0.39 is 17.6 Å². The molecule has 1 aromatic carbocycles. The monoisotopic (exact) mass is 447 g/mol. The summed E-state index contributed by atoms with van der Waals surface area (Å²) in [5.41, 5.74) is 2.10. The topological polar surface area (TPSA) is 55.1 Å². The van der Waals surface area contributed by atoms with Crippen molar-refractivity contribution in [2.24, 2.45) is 0 Å². The smallest absolute Gasteiger partial charge is 0.324 e. The summed E-state index contributed by atoms with van der Waals surface area (Å²) in [6.45, 7) is 0. The summed E-state index contributed by atoms with van der Waals surface area (Å²) >= 11 is 6.21. The number of aromatic nitrogens is 4. The predicted molar refractivity (Wildman–Crippen MR) is 108 cm³/mol. The van der Waals surface area contributed by atoms with E-state index in [4.69, 9.17) is 11.6 Å². The van der Waals surface area contributed by atoms with Crippen molar-refractivity contribution in [1.29, 1.82) is 0 Å². The van der Waals surface area contributed by atoms with Gasteiger partial charge in [-0.25, -0.2) is 18.9 Å². The zero-order valence-electron chi connectivity index (χ0n) is 15.8. The second-order valence-electron chi connectivity index (χ2n) is 7.31. The van der Waals surface area contributed by atoms with Gasteiger partial charge >= 0.3 is 6.18 Å². The Morgan fingerprint density at radius 3 is 2.45 bits per heavy atom. The minimum absolute atomic E-state index is 0.111. The molecule has 1 aliphatic rings. The maximum Gasteiger partial charge on any atom is 0.416 e. The summed E-state index contributed by atoms with van der Waals surface area (Å²) in [5.74, 6) is -0.0305. The molecular formula is C21H14ClF4N5. The minimum Gasteiger partial charge on any atom is -0.324 e. The molecule has 3 aromatic heterocycles. The van der Waals surface area contributed by atoms with Crippen molar-refractivity contribution in [1.82, 2.24) is 19.6 Å². The molecule has 158 valence electrons. The number of nitrogens with one attached hydrogen (secondary N) is 1. The Balaban J connectivity index is 1.55. The van der Waals surface area contributed by atoms with E-state index in [1.165, 1.54) is 24.3 Å². The molecule has 31 heavy (non-hydrogen) atoms. The number of rotatable bonds is 4. The fourth-order valence-electron chi connectivity index (χ4n) is 3.42. The molecular weight excluding hydrogens is 434 g/mol. The maximum absolute atomic E-state index is 13.9. The van der Waals surface area contributed by atoms with Gasteiger partial charge in [0.2, 0.25) is 5.95 Å². The molecule has 0 saturated heterocycles. The number of halogens is 5. The van der Waals surface area contributed by atoms with Gasteiger partial charge in [-0.15, -0.1) is 0 Å². The van der Waals surface area contributed by atoms with E-state index >= 15 is 0 Å². The predicted octanol–water partition coefficient (Wildman–Crippen LogP) is 6.22. The van der Waals surface area contributed by atoms with Gasteiger partial charge in [0.1, 0.15) is 11.0 Å². The molecule has 1 fully saturated rings. The highest BCUT2D eigenvalue weighted by Gasteiger charge is 2.32. The molecule has 5 nitrogen and oxygen atoms in total. The first-order valence-corrected chi connectivity index (χ1v) is 9.83. The van der Waals surface area contributed by atoms with Crippen molar-refractivity contribution in [3.05, 3.63) is 70.9 Å². The van der Waals surface area contributed by atoms with Gasteiger partial charge in [0.05, 0.1) is 22.5 Å². The molecule has 3 heterocycles. The fourth-order valence-corrected chi connectivity index (χ4v) is 3.60.